The molecule has 0 radical (unpaired) electrons. The molecular weight excluding hydrogens is 462 g/mol. The number of nitrogens with one attached hydrogen (secondary N) is 2. The van der Waals surface area contributed by atoms with E-state index >= 15 is 0 Å². The molecule has 186 valence electrons. The summed E-state index contributed by atoms with van der Waals surface area (Å²) in [7, 11) is -3.54. The van der Waals surface area contributed by atoms with E-state index in [9.17, 15) is 13.2 Å². The first kappa shape index (κ1) is 25.2. The quantitative estimate of drug-likeness (QED) is 0.541. The van der Waals surface area contributed by atoms with E-state index in [4.69, 9.17) is 10.00 Å². The predicted molar refractivity (Wildman–Crippen MR) is 135 cm³/mol. The lowest BCUT2D eigenvalue weighted by molar-refractivity contribution is -0.127. The lowest BCUT2D eigenvalue weighted by Crippen LogP contribution is -2.39. The molecule has 1 aliphatic heterocycles. The number of sulfone groups is 1. The number of nitriles is 1. The number of rotatable bonds is 8. The van der Waals surface area contributed by atoms with Gasteiger partial charge in [0.05, 0.1) is 16.7 Å². The van der Waals surface area contributed by atoms with E-state index in [1.54, 1.807) is 12.1 Å². The van der Waals surface area contributed by atoms with Gasteiger partial charge in [0.2, 0.25) is 5.91 Å². The summed E-state index contributed by atoms with van der Waals surface area (Å²) >= 11 is 0. The summed E-state index contributed by atoms with van der Waals surface area (Å²) in [5, 5.41) is 14.7. The maximum Gasteiger partial charge on any atom is 0.224 e. The number of hydrogen-bond donors (Lipinski definition) is 2. The highest BCUT2D eigenvalue weighted by molar-refractivity contribution is 7.91. The van der Waals surface area contributed by atoms with Crippen molar-refractivity contribution in [1.29, 1.82) is 5.26 Å². The van der Waals surface area contributed by atoms with Gasteiger partial charge in [-0.15, -0.1) is 0 Å². The van der Waals surface area contributed by atoms with Gasteiger partial charge in [-0.3, -0.25) is 4.79 Å². The first-order valence-corrected chi connectivity index (χ1v) is 14.1. The number of benzene rings is 2. The van der Waals surface area contributed by atoms with Crippen LogP contribution in [0.5, 0.6) is 5.75 Å². The Hall–Kier alpha value is -2.89. The normalized spacial score (nSPS) is 21.1. The van der Waals surface area contributed by atoms with E-state index in [0.717, 1.165) is 55.6 Å². The van der Waals surface area contributed by atoms with Gasteiger partial charge in [-0.25, -0.2) is 8.42 Å². The topological polar surface area (TPSA) is 108 Å². The van der Waals surface area contributed by atoms with Gasteiger partial charge in [0.15, 0.2) is 9.84 Å². The lowest BCUT2D eigenvalue weighted by atomic mass is 9.80. The molecule has 2 aliphatic rings. The summed E-state index contributed by atoms with van der Waals surface area (Å²) in [4.78, 5) is 12.7. The Morgan fingerprint density at radius 3 is 2.26 bits per heavy atom. The average molecular weight is 496 g/mol. The Kier molecular flexibility index (Phi) is 8.42. The summed E-state index contributed by atoms with van der Waals surface area (Å²) < 4.78 is 32.4. The van der Waals surface area contributed by atoms with Crippen molar-refractivity contribution < 1.29 is 17.9 Å². The zero-order valence-corrected chi connectivity index (χ0v) is 20.7. The van der Waals surface area contributed by atoms with Gasteiger partial charge >= 0.3 is 0 Å². The van der Waals surface area contributed by atoms with Crippen LogP contribution in [-0.4, -0.2) is 45.8 Å². The van der Waals surface area contributed by atoms with Crippen molar-refractivity contribution in [3.63, 3.8) is 0 Å². The van der Waals surface area contributed by atoms with Crippen molar-refractivity contribution in [3.05, 3.63) is 48.5 Å². The first-order valence-electron chi connectivity index (χ1n) is 12.4. The highest BCUT2D eigenvalue weighted by Gasteiger charge is 2.34. The molecule has 0 unspecified atom stereocenters. The maximum absolute atomic E-state index is 13.2. The predicted octanol–water partition coefficient (Wildman–Crippen LogP) is 3.70. The molecule has 7 nitrogen and oxygen atoms in total. The van der Waals surface area contributed by atoms with Crippen molar-refractivity contribution in [1.82, 2.24) is 10.6 Å². The molecule has 1 saturated heterocycles. The van der Waals surface area contributed by atoms with Crippen LogP contribution in [0.4, 0.5) is 0 Å². The first-order chi connectivity index (χ1) is 17.0. The van der Waals surface area contributed by atoms with Crippen molar-refractivity contribution >= 4 is 15.7 Å². The van der Waals surface area contributed by atoms with Crippen LogP contribution in [0.3, 0.4) is 0 Å². The van der Waals surface area contributed by atoms with Gasteiger partial charge in [0, 0.05) is 5.92 Å². The highest BCUT2D eigenvalue weighted by Crippen LogP contribution is 2.33. The molecule has 2 aromatic carbocycles. The third-order valence-electron chi connectivity index (χ3n) is 7.01. The SMILES string of the molecule is N#CCNC(=O)[C@@H]1CCCC[C@H]1CS(=O)(=O)c1ccc(-c2ccc(OC3CCNCC3)cc2)cc1. The van der Waals surface area contributed by atoms with E-state index in [-0.39, 0.29) is 41.0 Å². The Bertz CT molecular complexity index is 1130. The number of piperidine rings is 1. The number of ether oxygens (including phenoxy) is 1. The van der Waals surface area contributed by atoms with Gasteiger partial charge in [-0.1, -0.05) is 37.1 Å². The van der Waals surface area contributed by atoms with E-state index in [2.05, 4.69) is 10.6 Å². The molecule has 2 N–H and O–H groups in total. The molecular formula is C27H33N3O4S. The molecule has 2 aromatic rings. The molecule has 8 heteroatoms. The van der Waals surface area contributed by atoms with E-state index in [1.165, 1.54) is 0 Å². The molecule has 4 rings (SSSR count). The third-order valence-corrected chi connectivity index (χ3v) is 8.87. The summed E-state index contributed by atoms with van der Waals surface area (Å²) in [6.07, 6.45) is 5.43. The number of amides is 1. The monoisotopic (exact) mass is 495 g/mol. The number of nitrogens with zero attached hydrogens (tertiary/aromatic N) is 1. The molecule has 1 aliphatic carbocycles. The average Bonchev–Trinajstić information content (AvgIpc) is 2.88. The summed E-state index contributed by atoms with van der Waals surface area (Å²) in [5.74, 6) is -0.0221. The Morgan fingerprint density at radius 1 is 0.971 bits per heavy atom. The molecule has 2 fully saturated rings. The van der Waals surface area contributed by atoms with Gasteiger partial charge < -0.3 is 15.4 Å². The van der Waals surface area contributed by atoms with Crippen LogP contribution >= 0.6 is 0 Å². The van der Waals surface area contributed by atoms with Crippen molar-refractivity contribution in [2.45, 2.75) is 49.5 Å². The smallest absolute Gasteiger partial charge is 0.224 e. The van der Waals surface area contributed by atoms with Crippen LogP contribution in [0, 0.1) is 23.2 Å². The van der Waals surface area contributed by atoms with Crippen molar-refractivity contribution in [3.8, 4) is 22.9 Å². The van der Waals surface area contributed by atoms with Crippen LogP contribution < -0.4 is 15.4 Å². The van der Waals surface area contributed by atoms with Crippen LogP contribution in [0.1, 0.15) is 38.5 Å². The van der Waals surface area contributed by atoms with Crippen molar-refractivity contribution in [2.75, 3.05) is 25.4 Å². The second-order valence-electron chi connectivity index (χ2n) is 9.42. The lowest BCUT2D eigenvalue weighted by Gasteiger charge is -2.30. The van der Waals surface area contributed by atoms with Crippen molar-refractivity contribution in [2.24, 2.45) is 11.8 Å². The minimum absolute atomic E-state index is 0.0541. The Balaban J connectivity index is 1.40. The Labute approximate surface area is 207 Å². The molecule has 1 amide bonds. The molecule has 0 bridgehead atoms. The van der Waals surface area contributed by atoms with E-state index in [0.29, 0.717) is 12.8 Å². The number of carbonyl (C=O) groups excluding carboxylic acids is 1. The van der Waals surface area contributed by atoms with Crippen LogP contribution in [0.25, 0.3) is 11.1 Å². The minimum atomic E-state index is -3.54. The number of hydrogen-bond acceptors (Lipinski definition) is 6. The highest BCUT2D eigenvalue weighted by atomic mass is 32.2. The second kappa shape index (κ2) is 11.7. The van der Waals surface area contributed by atoms with Crippen LogP contribution in [0.15, 0.2) is 53.4 Å². The van der Waals surface area contributed by atoms with Crippen LogP contribution in [0.2, 0.25) is 0 Å². The standard InChI is InChI=1S/C27H33N3O4S/c28-15-18-30-27(31)26-4-2-1-3-22(26)19-35(32,33)25-11-7-21(8-12-25)20-5-9-23(10-6-20)34-24-13-16-29-17-14-24/h5-12,22,24,26,29H,1-4,13-14,16-19H2,(H,30,31)/t22-,26+/m0/s1. The Morgan fingerprint density at radius 2 is 1.60 bits per heavy atom. The van der Waals surface area contributed by atoms with Gasteiger partial charge in [0.1, 0.15) is 18.4 Å². The third kappa shape index (κ3) is 6.62. The molecule has 0 spiro atoms. The van der Waals surface area contributed by atoms with E-state index in [1.807, 2.05) is 42.5 Å². The summed E-state index contributed by atoms with van der Waals surface area (Å²) in [6.45, 7) is 1.91. The molecule has 35 heavy (non-hydrogen) atoms. The minimum Gasteiger partial charge on any atom is -0.490 e. The fraction of sp³-hybridized carbons (Fsp3) is 0.481. The zero-order valence-electron chi connectivity index (χ0n) is 19.9. The van der Waals surface area contributed by atoms with Gasteiger partial charge in [-0.05, 0) is 80.1 Å². The molecule has 0 aromatic heterocycles. The second-order valence-corrected chi connectivity index (χ2v) is 11.5. The van der Waals surface area contributed by atoms with E-state index < -0.39 is 9.84 Å². The molecule has 2 atom stereocenters. The van der Waals surface area contributed by atoms with Gasteiger partial charge in [0.25, 0.3) is 0 Å². The zero-order chi connectivity index (χ0) is 24.7. The largest absolute Gasteiger partial charge is 0.490 e. The molecule has 1 saturated carbocycles. The fourth-order valence-electron chi connectivity index (χ4n) is 5.07. The fourth-order valence-corrected chi connectivity index (χ4v) is 6.78. The summed E-state index contributed by atoms with van der Waals surface area (Å²) in [6, 6.07) is 16.8. The molecule has 1 heterocycles. The maximum atomic E-state index is 13.2. The van der Waals surface area contributed by atoms with Gasteiger partial charge in [-0.2, -0.15) is 5.26 Å². The summed E-state index contributed by atoms with van der Waals surface area (Å²) in [5.41, 5.74) is 1.93. The van der Waals surface area contributed by atoms with Crippen LogP contribution in [-0.2, 0) is 14.6 Å². The number of carbonyl (C=O) groups is 1.